The van der Waals surface area contributed by atoms with E-state index in [1.807, 2.05) is 0 Å². The number of para-hydroxylation sites is 4. The van der Waals surface area contributed by atoms with Gasteiger partial charge in [-0.25, -0.2) is 0 Å². The van der Waals surface area contributed by atoms with Gasteiger partial charge in [0.05, 0.1) is 11.0 Å². The molecule has 0 N–H and O–H groups in total. The minimum Gasteiger partial charge on any atom is -0.311 e. The molecule has 12 rings (SSSR count). The topological polar surface area (TPSA) is 11.4 Å². The Bertz CT molecular complexity index is 3140. The van der Waals surface area contributed by atoms with E-state index in [1.54, 1.807) is 0 Å². The summed E-state index contributed by atoms with van der Waals surface area (Å²) in [5.74, 6) is 0. The van der Waals surface area contributed by atoms with Gasteiger partial charge in [0.1, 0.15) is 0 Å². The van der Waals surface area contributed by atoms with E-state index in [2.05, 4.69) is 225 Å². The Morgan fingerprint density at radius 1 is 0.458 bits per heavy atom. The summed E-state index contributed by atoms with van der Waals surface area (Å²) in [6.07, 6.45) is 0. The first-order valence-corrected chi connectivity index (χ1v) is 21.0. The van der Waals surface area contributed by atoms with Crippen molar-refractivity contribution >= 4 is 79.0 Å². The maximum Gasteiger partial charge on any atom is 0.252 e. The molecule has 3 aliphatic rings. The number of aromatic nitrogens is 1. The molecule has 0 amide bonds. The second kappa shape index (κ2) is 12.1. The molecule has 4 heteroatoms. The molecule has 0 unspecified atom stereocenters. The van der Waals surface area contributed by atoms with Crippen molar-refractivity contribution in [1.82, 2.24) is 4.57 Å². The van der Waals surface area contributed by atoms with Gasteiger partial charge in [-0.2, -0.15) is 0 Å². The van der Waals surface area contributed by atoms with Gasteiger partial charge in [-0.3, -0.25) is 0 Å². The number of nitrogens with zero attached hydrogens (tertiary/aromatic N) is 3. The van der Waals surface area contributed by atoms with Gasteiger partial charge in [-0.1, -0.05) is 144 Å². The van der Waals surface area contributed by atoms with E-state index < -0.39 is 0 Å². The number of hydrogen-bond donors (Lipinski definition) is 0. The van der Waals surface area contributed by atoms with E-state index in [4.69, 9.17) is 0 Å². The summed E-state index contributed by atoms with van der Waals surface area (Å²) in [5.41, 5.74) is 21.5. The second-order valence-corrected chi connectivity index (χ2v) is 18.2. The number of anilines is 6. The van der Waals surface area contributed by atoms with Crippen LogP contribution >= 0.6 is 0 Å². The van der Waals surface area contributed by atoms with Crippen LogP contribution in [0.1, 0.15) is 51.3 Å². The maximum atomic E-state index is 2.56. The zero-order valence-corrected chi connectivity index (χ0v) is 34.2. The van der Waals surface area contributed by atoms with Crippen molar-refractivity contribution in [3.05, 3.63) is 193 Å². The molecule has 9 aromatic rings. The summed E-state index contributed by atoms with van der Waals surface area (Å²) in [4.78, 5) is 5.13. The van der Waals surface area contributed by atoms with Crippen molar-refractivity contribution in [2.45, 2.75) is 45.4 Å². The van der Waals surface area contributed by atoms with Crippen LogP contribution in [0.4, 0.5) is 34.1 Å². The van der Waals surface area contributed by atoms with Crippen molar-refractivity contribution in [1.29, 1.82) is 0 Å². The van der Waals surface area contributed by atoms with Crippen molar-refractivity contribution < 1.29 is 0 Å². The van der Waals surface area contributed by atoms with Crippen LogP contribution in [-0.4, -0.2) is 11.3 Å². The van der Waals surface area contributed by atoms with E-state index in [0.717, 1.165) is 11.4 Å². The summed E-state index contributed by atoms with van der Waals surface area (Å²) >= 11 is 0. The summed E-state index contributed by atoms with van der Waals surface area (Å²) in [6, 6.07) is 66.0. The van der Waals surface area contributed by atoms with E-state index in [9.17, 15) is 0 Å². The number of benzene rings is 8. The Kier molecular flexibility index (Phi) is 7.05. The van der Waals surface area contributed by atoms with Gasteiger partial charge in [0, 0.05) is 56.0 Å². The molecule has 1 aromatic heterocycles. The van der Waals surface area contributed by atoms with E-state index >= 15 is 0 Å². The first-order chi connectivity index (χ1) is 28.7. The van der Waals surface area contributed by atoms with Crippen LogP contribution in [0.5, 0.6) is 0 Å². The number of hydrogen-bond acceptors (Lipinski definition) is 2. The molecule has 3 nitrogen and oxygen atoms in total. The lowest BCUT2D eigenvalue weighted by Gasteiger charge is -2.46. The van der Waals surface area contributed by atoms with Gasteiger partial charge in [0.15, 0.2) is 0 Å². The van der Waals surface area contributed by atoms with E-state index in [0.29, 0.717) is 0 Å². The van der Waals surface area contributed by atoms with E-state index in [-0.39, 0.29) is 17.5 Å². The molecular weight excluding hydrogens is 713 g/mol. The Labute approximate surface area is 346 Å². The Morgan fingerprint density at radius 2 is 1.02 bits per heavy atom. The van der Waals surface area contributed by atoms with Crippen LogP contribution in [-0.2, 0) is 10.8 Å². The highest BCUT2D eigenvalue weighted by Crippen LogP contribution is 2.53. The van der Waals surface area contributed by atoms with Crippen molar-refractivity contribution in [3.8, 4) is 16.8 Å². The summed E-state index contributed by atoms with van der Waals surface area (Å²) in [6.45, 7) is 11.8. The lowest BCUT2D eigenvalue weighted by molar-refractivity contribution is 0.590. The van der Waals surface area contributed by atoms with Gasteiger partial charge in [-0.05, 0) is 116 Å². The lowest BCUT2D eigenvalue weighted by Crippen LogP contribution is -2.62. The Hall–Kier alpha value is -6.78. The van der Waals surface area contributed by atoms with Gasteiger partial charge in [0.25, 0.3) is 6.71 Å². The van der Waals surface area contributed by atoms with Gasteiger partial charge in [-0.15, -0.1) is 0 Å². The van der Waals surface area contributed by atoms with Crippen LogP contribution in [0.15, 0.2) is 176 Å². The Balaban J connectivity index is 1.24. The quantitative estimate of drug-likeness (QED) is 0.166. The lowest BCUT2D eigenvalue weighted by atomic mass is 9.32. The van der Waals surface area contributed by atoms with Crippen molar-refractivity contribution in [3.63, 3.8) is 0 Å². The predicted octanol–water partition coefficient (Wildman–Crippen LogP) is 12.5. The normalized spacial score (nSPS) is 14.6. The molecule has 0 saturated carbocycles. The minimum absolute atomic E-state index is 0.0111. The SMILES string of the molecule is CC(C)(C)c1cc2c3c(c1)N(c1ccccc1)c1ccc4c(c1B3c1ccc(-n3c5ccccc5c5ccccc53)cc1N2c1ccccc1)-c1ccccc1C4(C)C. The third-order valence-electron chi connectivity index (χ3n) is 13.5. The van der Waals surface area contributed by atoms with E-state index in [1.165, 1.54) is 94.4 Å². The van der Waals surface area contributed by atoms with Gasteiger partial charge >= 0.3 is 0 Å². The fourth-order valence-corrected chi connectivity index (χ4v) is 10.8. The van der Waals surface area contributed by atoms with Crippen LogP contribution in [0.3, 0.4) is 0 Å². The van der Waals surface area contributed by atoms with Crippen LogP contribution < -0.4 is 26.2 Å². The number of fused-ring (bicyclic) bond motifs is 11. The molecule has 59 heavy (non-hydrogen) atoms. The molecule has 2 aliphatic heterocycles. The van der Waals surface area contributed by atoms with Gasteiger partial charge < -0.3 is 14.4 Å². The molecular formula is C55H44BN3. The van der Waals surface area contributed by atoms with Gasteiger partial charge in [0.2, 0.25) is 0 Å². The smallest absolute Gasteiger partial charge is 0.252 e. The molecule has 1 aliphatic carbocycles. The van der Waals surface area contributed by atoms with Crippen LogP contribution in [0.2, 0.25) is 0 Å². The monoisotopic (exact) mass is 757 g/mol. The third kappa shape index (κ3) is 4.72. The minimum atomic E-state index is -0.133. The summed E-state index contributed by atoms with van der Waals surface area (Å²) in [5, 5.41) is 2.54. The maximum absolute atomic E-state index is 2.56. The predicted molar refractivity (Wildman–Crippen MR) is 251 cm³/mol. The highest BCUT2D eigenvalue weighted by molar-refractivity contribution is 7.01. The number of rotatable bonds is 3. The van der Waals surface area contributed by atoms with Crippen molar-refractivity contribution in [2.24, 2.45) is 0 Å². The molecule has 0 bridgehead atoms. The fourth-order valence-electron chi connectivity index (χ4n) is 10.8. The summed E-state index contributed by atoms with van der Waals surface area (Å²) < 4.78 is 2.46. The zero-order chi connectivity index (χ0) is 39.8. The highest BCUT2D eigenvalue weighted by atomic mass is 15.2. The fraction of sp³-hybridized carbons (Fsp3) is 0.127. The molecule has 8 aromatic carbocycles. The Morgan fingerprint density at radius 3 is 1.64 bits per heavy atom. The molecule has 0 spiro atoms. The van der Waals surface area contributed by atoms with Crippen LogP contribution in [0, 0.1) is 0 Å². The molecule has 0 atom stereocenters. The highest BCUT2D eigenvalue weighted by Gasteiger charge is 2.48. The molecule has 3 heterocycles. The average molecular weight is 758 g/mol. The standard InChI is InChI=1S/C55H44BN3/c1-54(2,3)35-32-49-52-50(33-35)58(37-20-10-7-11-21-37)48-34-38(59-45-26-16-13-22-39(45)40-23-14-17-27-46(40)59)28-30-44(48)56(52)53-47(57(49)36-18-8-6-9-19-36)31-29-43-51(53)41-24-12-15-25-42(41)55(43,4)5/h6-34H,1-5H3. The van der Waals surface area contributed by atoms with Crippen molar-refractivity contribution in [2.75, 3.05) is 9.80 Å². The third-order valence-corrected chi connectivity index (χ3v) is 13.5. The first-order valence-electron chi connectivity index (χ1n) is 21.0. The average Bonchev–Trinajstić information content (AvgIpc) is 3.72. The molecule has 0 radical (unpaired) electrons. The molecule has 282 valence electrons. The summed E-state index contributed by atoms with van der Waals surface area (Å²) in [7, 11) is 0. The zero-order valence-electron chi connectivity index (χ0n) is 34.2. The second-order valence-electron chi connectivity index (χ2n) is 18.2. The molecule has 0 saturated heterocycles. The van der Waals surface area contributed by atoms with Crippen LogP contribution in [0.25, 0.3) is 38.6 Å². The molecule has 0 fully saturated rings. The largest absolute Gasteiger partial charge is 0.311 e. The first kappa shape index (κ1) is 34.3.